The molecule has 0 spiro atoms. The van der Waals surface area contributed by atoms with Crippen molar-refractivity contribution in [3.63, 3.8) is 0 Å². The van der Waals surface area contributed by atoms with E-state index in [4.69, 9.17) is 10.2 Å². The molecule has 24 heavy (non-hydrogen) atoms. The Hall–Kier alpha value is -3.16. The number of phenols is 2. The van der Waals surface area contributed by atoms with Crippen molar-refractivity contribution >= 4 is 12.6 Å². The molecule has 8 heteroatoms. The Bertz CT molecular complexity index is 723. The molecule has 0 aliphatic carbocycles. The highest BCUT2D eigenvalue weighted by atomic mass is 19.1. The van der Waals surface area contributed by atoms with Crippen molar-refractivity contribution in [1.82, 2.24) is 0 Å². The van der Waals surface area contributed by atoms with Gasteiger partial charge in [-0.05, 0) is 0 Å². The number of carbonyl (C=O) groups is 2. The van der Waals surface area contributed by atoms with Gasteiger partial charge >= 0.3 is 0 Å². The standard InChI is InChI=1S/2C8H7FO3/c1-12-5-2-7(9)6(4-10)8(11)3-5;1-12-8-3-5(9)2-7(11)6(8)4-10/h2*2-4,11H,1H3. The van der Waals surface area contributed by atoms with Crippen LogP contribution in [0.4, 0.5) is 8.78 Å². The van der Waals surface area contributed by atoms with E-state index in [9.17, 15) is 18.4 Å². The van der Waals surface area contributed by atoms with Gasteiger partial charge in [-0.15, -0.1) is 0 Å². The summed E-state index contributed by atoms with van der Waals surface area (Å²) < 4.78 is 34.7. The summed E-state index contributed by atoms with van der Waals surface area (Å²) in [5, 5.41) is 18.1. The lowest BCUT2D eigenvalue weighted by atomic mass is 10.2. The van der Waals surface area contributed by atoms with Gasteiger partial charge in [0, 0.05) is 24.3 Å². The lowest BCUT2D eigenvalue weighted by molar-refractivity contribution is 0.110. The minimum absolute atomic E-state index is 0.0301. The maximum absolute atomic E-state index is 12.8. The summed E-state index contributed by atoms with van der Waals surface area (Å²) in [6.07, 6.45) is 0.664. The molecule has 128 valence electrons. The van der Waals surface area contributed by atoms with Gasteiger partial charge in [0.1, 0.15) is 34.6 Å². The number of phenolic OH excluding ortho intramolecular Hbond substituents is 2. The number of hydrogen-bond acceptors (Lipinski definition) is 6. The van der Waals surface area contributed by atoms with Gasteiger partial charge in [0.05, 0.1) is 25.3 Å². The van der Waals surface area contributed by atoms with Crippen LogP contribution in [0.1, 0.15) is 20.7 Å². The van der Waals surface area contributed by atoms with Crippen LogP contribution in [-0.2, 0) is 0 Å². The Balaban J connectivity index is 0.000000240. The number of rotatable bonds is 4. The van der Waals surface area contributed by atoms with Crippen LogP contribution in [0, 0.1) is 11.6 Å². The van der Waals surface area contributed by atoms with Gasteiger partial charge in [-0.25, -0.2) is 8.78 Å². The lowest BCUT2D eigenvalue weighted by Gasteiger charge is -2.04. The number of methoxy groups -OCH3 is 2. The van der Waals surface area contributed by atoms with E-state index in [0.29, 0.717) is 6.29 Å². The van der Waals surface area contributed by atoms with E-state index < -0.39 is 23.1 Å². The zero-order valence-electron chi connectivity index (χ0n) is 12.7. The summed E-state index contributed by atoms with van der Waals surface area (Å²) >= 11 is 0. The highest BCUT2D eigenvalue weighted by molar-refractivity contribution is 5.83. The lowest BCUT2D eigenvalue weighted by Crippen LogP contribution is -1.92. The molecule has 0 aliphatic rings. The molecule has 6 nitrogen and oxygen atoms in total. The highest BCUT2D eigenvalue weighted by Gasteiger charge is 2.10. The summed E-state index contributed by atoms with van der Waals surface area (Å²) in [5.74, 6) is -2.06. The minimum Gasteiger partial charge on any atom is -0.507 e. The SMILES string of the molecule is COc1cc(F)cc(O)c1C=O.COc1cc(O)c(C=O)c(F)c1. The van der Waals surface area contributed by atoms with E-state index >= 15 is 0 Å². The van der Waals surface area contributed by atoms with Gasteiger partial charge in [-0.3, -0.25) is 9.59 Å². The van der Waals surface area contributed by atoms with Gasteiger partial charge in [-0.2, -0.15) is 0 Å². The van der Waals surface area contributed by atoms with Gasteiger partial charge in [0.25, 0.3) is 0 Å². The summed E-state index contributed by atoms with van der Waals surface area (Å²) in [6.45, 7) is 0. The van der Waals surface area contributed by atoms with Crippen LogP contribution in [0.5, 0.6) is 23.0 Å². The van der Waals surface area contributed by atoms with Gasteiger partial charge < -0.3 is 19.7 Å². The molecule has 2 aromatic carbocycles. The molecule has 2 N–H and O–H groups in total. The molecule has 0 bridgehead atoms. The Morgan fingerprint density at radius 2 is 1.46 bits per heavy atom. The molecule has 0 saturated heterocycles. The first kappa shape index (κ1) is 18.9. The molecule has 0 radical (unpaired) electrons. The third-order valence-electron chi connectivity index (χ3n) is 2.86. The van der Waals surface area contributed by atoms with E-state index in [2.05, 4.69) is 9.47 Å². The van der Waals surface area contributed by atoms with Crippen molar-refractivity contribution in [2.75, 3.05) is 14.2 Å². The first-order valence-corrected chi connectivity index (χ1v) is 6.41. The topological polar surface area (TPSA) is 93.1 Å². The van der Waals surface area contributed by atoms with Crippen molar-refractivity contribution < 1.29 is 38.1 Å². The minimum atomic E-state index is -0.790. The summed E-state index contributed by atoms with van der Waals surface area (Å²) in [4.78, 5) is 20.6. The molecule has 0 heterocycles. The van der Waals surface area contributed by atoms with Crippen molar-refractivity contribution in [2.45, 2.75) is 0 Å². The molecule has 0 atom stereocenters. The molecule has 0 unspecified atom stereocenters. The van der Waals surface area contributed by atoms with Crippen LogP contribution in [0.2, 0.25) is 0 Å². The predicted molar refractivity (Wildman–Crippen MR) is 80.0 cm³/mol. The average Bonchev–Trinajstić information content (AvgIpc) is 2.54. The maximum Gasteiger partial charge on any atom is 0.157 e. The Morgan fingerprint density at radius 1 is 0.875 bits per heavy atom. The molecular weight excluding hydrogens is 326 g/mol. The van der Waals surface area contributed by atoms with Gasteiger partial charge in [0.15, 0.2) is 12.6 Å². The molecule has 2 aromatic rings. The zero-order chi connectivity index (χ0) is 18.3. The van der Waals surface area contributed by atoms with Crippen molar-refractivity contribution in [3.05, 3.63) is 47.0 Å². The summed E-state index contributed by atoms with van der Waals surface area (Å²) in [7, 11) is 2.63. The quantitative estimate of drug-likeness (QED) is 0.831. The van der Waals surface area contributed by atoms with E-state index in [1.165, 1.54) is 20.3 Å². The average molecular weight is 340 g/mol. The fourth-order valence-corrected chi connectivity index (χ4v) is 1.68. The van der Waals surface area contributed by atoms with Crippen molar-refractivity contribution in [1.29, 1.82) is 0 Å². The van der Waals surface area contributed by atoms with Crippen molar-refractivity contribution in [3.8, 4) is 23.0 Å². The first-order chi connectivity index (χ1) is 11.4. The monoisotopic (exact) mass is 340 g/mol. The Labute approximate surface area is 135 Å². The Kier molecular flexibility index (Phi) is 6.66. The smallest absolute Gasteiger partial charge is 0.157 e. The highest BCUT2D eigenvalue weighted by Crippen LogP contribution is 2.27. The number of halogens is 2. The van der Waals surface area contributed by atoms with Crippen LogP contribution < -0.4 is 9.47 Å². The molecule has 0 fully saturated rings. The van der Waals surface area contributed by atoms with Crippen LogP contribution in [0.15, 0.2) is 24.3 Å². The predicted octanol–water partition coefficient (Wildman–Crippen LogP) is 2.70. The van der Waals surface area contributed by atoms with E-state index in [1.807, 2.05) is 0 Å². The van der Waals surface area contributed by atoms with Crippen LogP contribution in [-0.4, -0.2) is 37.0 Å². The third-order valence-corrected chi connectivity index (χ3v) is 2.86. The Morgan fingerprint density at radius 3 is 1.92 bits per heavy atom. The third kappa shape index (κ3) is 4.42. The van der Waals surface area contributed by atoms with E-state index in [1.54, 1.807) is 0 Å². The second-order valence-corrected chi connectivity index (χ2v) is 4.32. The van der Waals surface area contributed by atoms with E-state index in [0.717, 1.165) is 18.2 Å². The molecule has 0 amide bonds. The first-order valence-electron chi connectivity index (χ1n) is 6.41. The van der Waals surface area contributed by atoms with Crippen molar-refractivity contribution in [2.24, 2.45) is 0 Å². The number of benzene rings is 2. The fraction of sp³-hybridized carbons (Fsp3) is 0.125. The van der Waals surface area contributed by atoms with Gasteiger partial charge in [-0.1, -0.05) is 0 Å². The number of aldehydes is 2. The molecule has 2 rings (SSSR count). The largest absolute Gasteiger partial charge is 0.507 e. The second kappa shape index (κ2) is 8.47. The van der Waals surface area contributed by atoms with Crippen LogP contribution in [0.25, 0.3) is 0 Å². The van der Waals surface area contributed by atoms with Crippen LogP contribution >= 0.6 is 0 Å². The zero-order valence-corrected chi connectivity index (χ0v) is 12.7. The molecule has 0 saturated carbocycles. The molecule has 0 aliphatic heterocycles. The molecule has 0 aromatic heterocycles. The normalized spacial score (nSPS) is 9.50. The van der Waals surface area contributed by atoms with E-state index in [-0.39, 0.29) is 28.9 Å². The summed E-state index contributed by atoms with van der Waals surface area (Å²) in [5.41, 5.74) is -0.394. The van der Waals surface area contributed by atoms with Gasteiger partial charge in [0.2, 0.25) is 0 Å². The summed E-state index contributed by atoms with van der Waals surface area (Å²) in [6, 6.07) is 4.09. The number of aromatic hydroxyl groups is 2. The number of ether oxygens (including phenoxy) is 2. The second-order valence-electron chi connectivity index (χ2n) is 4.32. The van der Waals surface area contributed by atoms with Crippen LogP contribution in [0.3, 0.4) is 0 Å². The fourth-order valence-electron chi connectivity index (χ4n) is 1.68. The number of hydrogen-bond donors (Lipinski definition) is 2. The number of carbonyl (C=O) groups excluding carboxylic acids is 2. The maximum atomic E-state index is 12.8. The molecular formula is C16H14F2O6.